The summed E-state index contributed by atoms with van der Waals surface area (Å²) >= 11 is 0. The fourth-order valence-corrected chi connectivity index (χ4v) is 2.57. The molecule has 0 fully saturated rings. The van der Waals surface area contributed by atoms with E-state index in [4.69, 9.17) is 21.7 Å². The minimum Gasteiger partial charge on any atom is -0.480 e. The first kappa shape index (κ1) is 28.3. The molecule has 0 saturated heterocycles. The number of carbonyl (C=O) groups is 5. The lowest BCUT2D eigenvalue weighted by molar-refractivity contribution is -0.143. The highest BCUT2D eigenvalue weighted by molar-refractivity contribution is 5.94. The summed E-state index contributed by atoms with van der Waals surface area (Å²) in [7, 11) is 0. The molecule has 5 atom stereocenters. The number of carboxylic acid groups (broad SMARTS) is 1. The minimum absolute atomic E-state index is 0.110. The van der Waals surface area contributed by atoms with Gasteiger partial charge in [0.05, 0.1) is 12.6 Å². The summed E-state index contributed by atoms with van der Waals surface area (Å²) in [6.45, 7) is 6.05. The molecule has 0 bridgehead atoms. The third-order valence-electron chi connectivity index (χ3n) is 4.92. The number of hydrogen-bond acceptors (Lipinski definition) is 7. The Bertz CT molecular complexity index is 656. The first-order valence-electron chi connectivity index (χ1n) is 10.1. The maximum Gasteiger partial charge on any atom is 0.328 e. The highest BCUT2D eigenvalue weighted by Crippen LogP contribution is 2.08. The van der Waals surface area contributed by atoms with Crippen molar-refractivity contribution in [2.24, 2.45) is 23.3 Å². The van der Waals surface area contributed by atoms with E-state index in [-0.39, 0.29) is 18.8 Å². The largest absolute Gasteiger partial charge is 0.480 e. The third-order valence-corrected chi connectivity index (χ3v) is 4.92. The lowest BCUT2D eigenvalue weighted by Crippen LogP contribution is -2.59. The Kier molecular flexibility index (Phi) is 12.4. The fraction of sp³-hybridized carbons (Fsp3) is 0.737. The normalized spacial score (nSPS) is 15.8. The average Bonchev–Trinajstić information content (AvgIpc) is 2.70. The number of hydrogen-bond donors (Lipinski definition) is 7. The minimum atomic E-state index is -1.54. The van der Waals surface area contributed by atoms with E-state index in [2.05, 4.69) is 16.0 Å². The first-order valence-corrected chi connectivity index (χ1v) is 10.1. The number of carbonyl (C=O) groups excluding carboxylic acids is 4. The third kappa shape index (κ3) is 9.75. The predicted molar refractivity (Wildman–Crippen MR) is 111 cm³/mol. The molecule has 9 N–H and O–H groups in total. The van der Waals surface area contributed by atoms with Gasteiger partial charge in [0.1, 0.15) is 18.1 Å². The molecule has 4 amide bonds. The molecule has 0 saturated carbocycles. The Hall–Kier alpha value is -2.73. The number of amides is 4. The fourth-order valence-electron chi connectivity index (χ4n) is 2.57. The summed E-state index contributed by atoms with van der Waals surface area (Å²) in [5.41, 5.74) is 11.0. The van der Waals surface area contributed by atoms with Crippen LogP contribution in [-0.2, 0) is 24.0 Å². The lowest BCUT2D eigenvalue weighted by atomic mass is 9.98. The first-order chi connectivity index (χ1) is 14.3. The summed E-state index contributed by atoms with van der Waals surface area (Å²) in [5, 5.41) is 25.2. The van der Waals surface area contributed by atoms with E-state index in [0.717, 1.165) is 0 Å². The SMILES string of the molecule is CCC(C)C(N)C(=O)NC(CCC(N)=O)C(=O)NC(C(=O)NC(CO)C(=O)O)C(C)C. The molecule has 0 radical (unpaired) electrons. The van der Waals surface area contributed by atoms with Crippen LogP contribution in [0.3, 0.4) is 0 Å². The van der Waals surface area contributed by atoms with Crippen molar-refractivity contribution in [2.45, 2.75) is 71.1 Å². The Morgan fingerprint density at radius 1 is 0.903 bits per heavy atom. The van der Waals surface area contributed by atoms with Crippen molar-refractivity contribution in [3.05, 3.63) is 0 Å². The zero-order valence-electron chi connectivity index (χ0n) is 18.4. The summed E-state index contributed by atoms with van der Waals surface area (Å²) < 4.78 is 0. The molecule has 0 aliphatic carbocycles. The topological polar surface area (TPSA) is 214 Å². The van der Waals surface area contributed by atoms with Crippen LogP contribution in [-0.4, -0.2) is 70.6 Å². The quantitative estimate of drug-likeness (QED) is 0.155. The number of nitrogens with two attached hydrogens (primary N) is 2. The van der Waals surface area contributed by atoms with Crippen molar-refractivity contribution >= 4 is 29.6 Å². The number of rotatable bonds is 14. The molecule has 0 aromatic rings. The van der Waals surface area contributed by atoms with Gasteiger partial charge < -0.3 is 37.6 Å². The van der Waals surface area contributed by atoms with Gasteiger partial charge in [-0.05, 0) is 18.3 Å². The van der Waals surface area contributed by atoms with Crippen LogP contribution in [0.25, 0.3) is 0 Å². The zero-order chi connectivity index (χ0) is 24.3. The molecule has 12 heteroatoms. The Balaban J connectivity index is 5.44. The molecule has 0 aliphatic rings. The number of nitrogens with one attached hydrogen (secondary N) is 3. The second-order valence-corrected chi connectivity index (χ2v) is 7.79. The molecular formula is C19H35N5O7. The van der Waals surface area contributed by atoms with Gasteiger partial charge in [-0.15, -0.1) is 0 Å². The van der Waals surface area contributed by atoms with Crippen molar-refractivity contribution in [3.8, 4) is 0 Å². The number of aliphatic hydroxyl groups is 1. The standard InChI is InChI=1S/C19H35N5O7/c1-5-10(4)14(21)17(28)22-11(6-7-13(20)26)16(27)24-15(9(2)3)18(29)23-12(8-25)19(30)31/h9-12,14-15,25H,5-8,21H2,1-4H3,(H2,20,26)(H,22,28)(H,23,29)(H,24,27)(H,30,31). The van der Waals surface area contributed by atoms with Crippen LogP contribution in [0.15, 0.2) is 0 Å². The second-order valence-electron chi connectivity index (χ2n) is 7.79. The Morgan fingerprint density at radius 2 is 1.45 bits per heavy atom. The molecule has 0 aromatic heterocycles. The van der Waals surface area contributed by atoms with E-state index in [9.17, 15) is 24.0 Å². The van der Waals surface area contributed by atoms with Gasteiger partial charge in [-0.3, -0.25) is 19.2 Å². The van der Waals surface area contributed by atoms with Crippen LogP contribution in [0, 0.1) is 11.8 Å². The van der Waals surface area contributed by atoms with Crippen molar-refractivity contribution in [1.82, 2.24) is 16.0 Å². The van der Waals surface area contributed by atoms with E-state index >= 15 is 0 Å². The van der Waals surface area contributed by atoms with E-state index in [1.54, 1.807) is 20.8 Å². The van der Waals surface area contributed by atoms with Crippen molar-refractivity contribution in [3.63, 3.8) is 0 Å². The van der Waals surface area contributed by atoms with Crippen LogP contribution in [0.2, 0.25) is 0 Å². The van der Waals surface area contributed by atoms with Gasteiger partial charge in [-0.2, -0.15) is 0 Å². The maximum absolute atomic E-state index is 12.8. The van der Waals surface area contributed by atoms with Gasteiger partial charge in [-0.25, -0.2) is 4.79 Å². The smallest absolute Gasteiger partial charge is 0.328 e. The molecule has 5 unspecified atom stereocenters. The van der Waals surface area contributed by atoms with Crippen molar-refractivity contribution in [1.29, 1.82) is 0 Å². The summed E-state index contributed by atoms with van der Waals surface area (Å²) in [5.74, 6) is -4.88. The van der Waals surface area contributed by atoms with E-state index < -0.39 is 66.3 Å². The zero-order valence-corrected chi connectivity index (χ0v) is 18.4. The predicted octanol–water partition coefficient (Wildman–Crippen LogP) is -2.19. The number of aliphatic hydroxyl groups excluding tert-OH is 1. The summed E-state index contributed by atoms with van der Waals surface area (Å²) in [6, 6.07) is -4.75. The van der Waals surface area contributed by atoms with Crippen LogP contribution >= 0.6 is 0 Å². The molecule has 178 valence electrons. The van der Waals surface area contributed by atoms with Crippen LogP contribution in [0.1, 0.15) is 47.0 Å². The van der Waals surface area contributed by atoms with Crippen LogP contribution in [0.4, 0.5) is 0 Å². The summed E-state index contributed by atoms with van der Waals surface area (Å²) in [6.07, 6.45) is 0.333. The molecule has 0 rings (SSSR count). The monoisotopic (exact) mass is 445 g/mol. The lowest BCUT2D eigenvalue weighted by Gasteiger charge is -2.27. The van der Waals surface area contributed by atoms with Gasteiger partial charge in [0.15, 0.2) is 0 Å². The number of aliphatic carboxylic acids is 1. The molecule has 12 nitrogen and oxygen atoms in total. The van der Waals surface area contributed by atoms with E-state index in [1.165, 1.54) is 0 Å². The highest BCUT2D eigenvalue weighted by Gasteiger charge is 2.32. The van der Waals surface area contributed by atoms with Gasteiger partial charge in [-0.1, -0.05) is 34.1 Å². The average molecular weight is 446 g/mol. The van der Waals surface area contributed by atoms with Crippen molar-refractivity contribution in [2.75, 3.05) is 6.61 Å². The molecule has 31 heavy (non-hydrogen) atoms. The van der Waals surface area contributed by atoms with Gasteiger partial charge in [0, 0.05) is 6.42 Å². The van der Waals surface area contributed by atoms with Gasteiger partial charge in [0.25, 0.3) is 0 Å². The highest BCUT2D eigenvalue weighted by atomic mass is 16.4. The number of primary amides is 1. The molecular weight excluding hydrogens is 410 g/mol. The summed E-state index contributed by atoms with van der Waals surface area (Å²) in [4.78, 5) is 59.9. The van der Waals surface area contributed by atoms with Crippen LogP contribution < -0.4 is 27.4 Å². The number of carboxylic acids is 1. The van der Waals surface area contributed by atoms with Gasteiger partial charge >= 0.3 is 5.97 Å². The molecule has 0 spiro atoms. The Labute approximate surface area is 181 Å². The Morgan fingerprint density at radius 3 is 1.87 bits per heavy atom. The maximum atomic E-state index is 12.8. The van der Waals surface area contributed by atoms with E-state index in [0.29, 0.717) is 6.42 Å². The molecule has 0 heterocycles. The molecule has 0 aliphatic heterocycles. The van der Waals surface area contributed by atoms with Crippen molar-refractivity contribution < 1.29 is 34.2 Å². The molecule has 0 aromatic carbocycles. The van der Waals surface area contributed by atoms with Crippen LogP contribution in [0.5, 0.6) is 0 Å². The second kappa shape index (κ2) is 13.5. The van der Waals surface area contributed by atoms with E-state index in [1.807, 2.05) is 6.92 Å². The van der Waals surface area contributed by atoms with Gasteiger partial charge in [0.2, 0.25) is 23.6 Å².